The van der Waals surface area contributed by atoms with Gasteiger partial charge in [0.25, 0.3) is 0 Å². The van der Waals surface area contributed by atoms with Crippen LogP contribution in [0.5, 0.6) is 0 Å². The monoisotopic (exact) mass is 297 g/mol. The molecule has 116 valence electrons. The summed E-state index contributed by atoms with van der Waals surface area (Å²) in [5, 5.41) is 9.28. The minimum Gasteiger partial charge on any atom is -0.481 e. The van der Waals surface area contributed by atoms with Crippen LogP contribution in [0.15, 0.2) is 48.5 Å². The Labute approximate surface area is 132 Å². The molecular weight excluding hydrogens is 274 g/mol. The lowest BCUT2D eigenvalue weighted by atomic mass is 9.84. The van der Waals surface area contributed by atoms with Gasteiger partial charge in [-0.1, -0.05) is 48.5 Å². The average Bonchev–Trinajstić information content (AvgIpc) is 2.47. The maximum atomic E-state index is 11.3. The summed E-state index contributed by atoms with van der Waals surface area (Å²) in [5.41, 5.74) is 3.46. The molecule has 2 aromatic rings. The summed E-state index contributed by atoms with van der Waals surface area (Å²) < 4.78 is 0. The van der Waals surface area contributed by atoms with Gasteiger partial charge < -0.3 is 10.0 Å². The molecule has 0 amide bonds. The quantitative estimate of drug-likeness (QED) is 0.913. The number of aliphatic carboxylic acids is 1. The molecule has 0 atom stereocenters. The first-order chi connectivity index (χ1) is 10.3. The Morgan fingerprint density at radius 2 is 1.41 bits per heavy atom. The third kappa shape index (κ3) is 3.55. The fourth-order valence-electron chi connectivity index (χ4n) is 2.37. The van der Waals surface area contributed by atoms with Crippen molar-refractivity contribution < 1.29 is 9.90 Å². The van der Waals surface area contributed by atoms with E-state index in [0.717, 1.165) is 23.2 Å². The van der Waals surface area contributed by atoms with Gasteiger partial charge in [-0.05, 0) is 50.2 Å². The highest BCUT2D eigenvalue weighted by Crippen LogP contribution is 2.27. The number of nitrogens with zero attached hydrogens (tertiary/aromatic N) is 1. The third-order valence-corrected chi connectivity index (χ3v) is 3.93. The van der Waals surface area contributed by atoms with Crippen LogP contribution in [0.4, 0.5) is 0 Å². The first kappa shape index (κ1) is 16.2. The van der Waals surface area contributed by atoms with Gasteiger partial charge in [0.2, 0.25) is 0 Å². The zero-order valence-corrected chi connectivity index (χ0v) is 13.6. The van der Waals surface area contributed by atoms with E-state index in [0.29, 0.717) is 0 Å². The van der Waals surface area contributed by atoms with Crippen LogP contribution in [-0.2, 0) is 16.8 Å². The van der Waals surface area contributed by atoms with E-state index in [9.17, 15) is 9.90 Å². The first-order valence-electron chi connectivity index (χ1n) is 7.38. The Morgan fingerprint density at radius 3 is 1.82 bits per heavy atom. The molecule has 0 bridgehead atoms. The predicted octanol–water partition coefficient (Wildman–Crippen LogP) is 3.78. The van der Waals surface area contributed by atoms with Crippen molar-refractivity contribution in [3.8, 4) is 11.1 Å². The van der Waals surface area contributed by atoms with E-state index in [2.05, 4.69) is 43.3 Å². The number of benzene rings is 2. The normalized spacial score (nSPS) is 11.7. The Balaban J connectivity index is 2.22. The van der Waals surface area contributed by atoms with Crippen LogP contribution in [0.1, 0.15) is 25.0 Å². The molecule has 0 aliphatic carbocycles. The summed E-state index contributed by atoms with van der Waals surface area (Å²) in [6.07, 6.45) is 0. The number of hydrogen-bond donors (Lipinski definition) is 1. The molecule has 0 saturated heterocycles. The van der Waals surface area contributed by atoms with Crippen molar-refractivity contribution in [1.82, 2.24) is 4.90 Å². The van der Waals surface area contributed by atoms with Gasteiger partial charge in [-0.2, -0.15) is 0 Å². The van der Waals surface area contributed by atoms with Crippen molar-refractivity contribution in [3.05, 3.63) is 59.7 Å². The molecule has 3 heteroatoms. The van der Waals surface area contributed by atoms with Crippen LogP contribution >= 0.6 is 0 Å². The highest BCUT2D eigenvalue weighted by Gasteiger charge is 2.29. The van der Waals surface area contributed by atoms with Gasteiger partial charge in [0.15, 0.2) is 0 Å². The number of rotatable bonds is 5. The molecule has 0 aromatic heterocycles. The van der Waals surface area contributed by atoms with E-state index in [1.54, 1.807) is 13.8 Å². The number of carbonyl (C=O) groups is 1. The smallest absolute Gasteiger partial charge is 0.313 e. The zero-order valence-electron chi connectivity index (χ0n) is 13.6. The number of carboxylic acid groups (broad SMARTS) is 1. The van der Waals surface area contributed by atoms with Crippen LogP contribution in [0.25, 0.3) is 11.1 Å². The Morgan fingerprint density at radius 1 is 0.955 bits per heavy atom. The highest BCUT2D eigenvalue weighted by atomic mass is 16.4. The molecule has 3 nitrogen and oxygen atoms in total. The summed E-state index contributed by atoms with van der Waals surface area (Å²) in [4.78, 5) is 13.4. The third-order valence-electron chi connectivity index (χ3n) is 3.93. The standard InChI is InChI=1S/C19H23NO2/c1-19(2,18(21)22)17-11-9-16(10-12-17)15-7-5-14(6-8-15)13-20(3)4/h5-12H,13H2,1-4H3,(H,21,22). The van der Waals surface area contributed by atoms with Crippen molar-refractivity contribution >= 4 is 5.97 Å². The molecular formula is C19H23NO2. The maximum absolute atomic E-state index is 11.3. The zero-order chi connectivity index (χ0) is 16.3. The molecule has 2 aromatic carbocycles. The average molecular weight is 297 g/mol. The summed E-state index contributed by atoms with van der Waals surface area (Å²) in [7, 11) is 4.10. The van der Waals surface area contributed by atoms with Gasteiger partial charge in [-0.25, -0.2) is 0 Å². The molecule has 0 aliphatic heterocycles. The van der Waals surface area contributed by atoms with Gasteiger partial charge in [0.05, 0.1) is 5.41 Å². The lowest BCUT2D eigenvalue weighted by Crippen LogP contribution is -2.28. The van der Waals surface area contributed by atoms with Crippen LogP contribution < -0.4 is 0 Å². The lowest BCUT2D eigenvalue weighted by Gasteiger charge is -2.20. The van der Waals surface area contributed by atoms with E-state index in [1.165, 1.54) is 5.56 Å². The van der Waals surface area contributed by atoms with E-state index in [1.807, 2.05) is 24.3 Å². The minimum atomic E-state index is -0.867. The number of hydrogen-bond acceptors (Lipinski definition) is 2. The van der Waals surface area contributed by atoms with Crippen molar-refractivity contribution in [1.29, 1.82) is 0 Å². The van der Waals surface area contributed by atoms with Gasteiger partial charge >= 0.3 is 5.97 Å². The van der Waals surface area contributed by atoms with Gasteiger partial charge in [0.1, 0.15) is 0 Å². The fourth-order valence-corrected chi connectivity index (χ4v) is 2.37. The Bertz CT molecular complexity index is 640. The fraction of sp³-hybridized carbons (Fsp3) is 0.316. The number of carboxylic acids is 1. The molecule has 22 heavy (non-hydrogen) atoms. The van der Waals surface area contributed by atoms with E-state index < -0.39 is 11.4 Å². The molecule has 0 aliphatic rings. The Hall–Kier alpha value is -2.13. The van der Waals surface area contributed by atoms with Gasteiger partial charge in [-0.15, -0.1) is 0 Å². The van der Waals surface area contributed by atoms with Crippen molar-refractivity contribution in [2.75, 3.05) is 14.1 Å². The SMILES string of the molecule is CN(C)Cc1ccc(-c2ccc(C(C)(C)C(=O)O)cc2)cc1. The molecule has 0 saturated carbocycles. The van der Waals surface area contributed by atoms with E-state index in [-0.39, 0.29) is 0 Å². The largest absolute Gasteiger partial charge is 0.481 e. The molecule has 0 heterocycles. The second kappa shape index (κ2) is 6.32. The topological polar surface area (TPSA) is 40.5 Å². The van der Waals surface area contributed by atoms with Crippen molar-refractivity contribution in [2.24, 2.45) is 0 Å². The van der Waals surface area contributed by atoms with Crippen molar-refractivity contribution in [2.45, 2.75) is 25.8 Å². The van der Waals surface area contributed by atoms with E-state index in [4.69, 9.17) is 0 Å². The summed E-state index contributed by atoms with van der Waals surface area (Å²) >= 11 is 0. The first-order valence-corrected chi connectivity index (χ1v) is 7.38. The van der Waals surface area contributed by atoms with Crippen LogP contribution in [-0.4, -0.2) is 30.1 Å². The van der Waals surface area contributed by atoms with Crippen molar-refractivity contribution in [3.63, 3.8) is 0 Å². The summed E-state index contributed by atoms with van der Waals surface area (Å²) in [6, 6.07) is 16.2. The Kier molecular flexibility index (Phi) is 4.67. The van der Waals surface area contributed by atoms with E-state index >= 15 is 0 Å². The lowest BCUT2D eigenvalue weighted by molar-refractivity contribution is -0.142. The maximum Gasteiger partial charge on any atom is 0.313 e. The van der Waals surface area contributed by atoms with Crippen LogP contribution in [0.2, 0.25) is 0 Å². The second-order valence-corrected chi connectivity index (χ2v) is 6.44. The second-order valence-electron chi connectivity index (χ2n) is 6.44. The molecule has 0 unspecified atom stereocenters. The highest BCUT2D eigenvalue weighted by molar-refractivity contribution is 5.80. The molecule has 1 N–H and O–H groups in total. The molecule has 2 rings (SSSR count). The summed E-state index contributed by atoms with van der Waals surface area (Å²) in [5.74, 6) is -0.812. The molecule has 0 spiro atoms. The molecule has 0 fully saturated rings. The van der Waals surface area contributed by atoms with Crippen LogP contribution in [0.3, 0.4) is 0 Å². The van der Waals surface area contributed by atoms with Gasteiger partial charge in [-0.3, -0.25) is 4.79 Å². The summed E-state index contributed by atoms with van der Waals surface area (Å²) in [6.45, 7) is 4.37. The van der Waals surface area contributed by atoms with Gasteiger partial charge in [0, 0.05) is 6.54 Å². The molecule has 0 radical (unpaired) electrons. The predicted molar refractivity (Wildman–Crippen MR) is 89.9 cm³/mol. The minimum absolute atomic E-state index is 0.812. The van der Waals surface area contributed by atoms with Crippen LogP contribution in [0, 0.1) is 0 Å².